The molecule has 1 saturated heterocycles. The predicted octanol–water partition coefficient (Wildman–Crippen LogP) is 3.24. The fraction of sp³-hybridized carbons (Fsp3) is 0.538. The van der Waals surface area contributed by atoms with E-state index in [1.54, 1.807) is 0 Å². The van der Waals surface area contributed by atoms with Gasteiger partial charge in [-0.1, -0.05) is 5.16 Å². The van der Waals surface area contributed by atoms with Crippen molar-refractivity contribution in [2.24, 2.45) is 0 Å². The second-order valence-electron chi connectivity index (χ2n) is 5.31. The van der Waals surface area contributed by atoms with E-state index in [0.717, 1.165) is 9.35 Å². The number of halogens is 4. The highest BCUT2D eigenvalue weighted by Crippen LogP contribution is 2.28. The number of alkyl halides is 3. The van der Waals surface area contributed by atoms with Gasteiger partial charge < -0.3 is 4.52 Å². The molecule has 1 aliphatic heterocycles. The normalized spacial score (nSPS) is 17.7. The summed E-state index contributed by atoms with van der Waals surface area (Å²) in [7, 11) is 0. The van der Waals surface area contributed by atoms with E-state index in [0.29, 0.717) is 44.4 Å². The largest absolute Gasteiger partial charge is 0.401 e. The third-order valence-electron chi connectivity index (χ3n) is 3.48. The smallest absolute Gasteiger partial charge is 0.338 e. The van der Waals surface area contributed by atoms with Gasteiger partial charge in [-0.15, -0.1) is 11.3 Å². The predicted molar refractivity (Wildman–Crippen MR) is 83.1 cm³/mol. The van der Waals surface area contributed by atoms with Gasteiger partial charge in [0.25, 0.3) is 0 Å². The molecule has 10 heteroatoms. The fourth-order valence-electron chi connectivity index (χ4n) is 2.40. The van der Waals surface area contributed by atoms with Crippen molar-refractivity contribution in [2.45, 2.75) is 12.7 Å². The zero-order chi connectivity index (χ0) is 16.4. The Bertz CT molecular complexity index is 652. The Balaban J connectivity index is 1.52. The molecule has 126 valence electrons. The van der Waals surface area contributed by atoms with Crippen LogP contribution in [0, 0.1) is 0 Å². The van der Waals surface area contributed by atoms with E-state index in [2.05, 4.69) is 26.1 Å². The molecule has 3 rings (SSSR count). The van der Waals surface area contributed by atoms with Crippen LogP contribution in [0.15, 0.2) is 20.4 Å². The lowest BCUT2D eigenvalue weighted by molar-refractivity contribution is -0.149. The molecule has 0 saturated carbocycles. The molecule has 0 amide bonds. The molecule has 0 aliphatic carbocycles. The van der Waals surface area contributed by atoms with E-state index in [9.17, 15) is 13.2 Å². The van der Waals surface area contributed by atoms with Crippen LogP contribution in [0.1, 0.15) is 5.89 Å². The molecule has 0 aromatic carbocycles. The number of hydrogen-bond donors (Lipinski definition) is 0. The van der Waals surface area contributed by atoms with E-state index >= 15 is 0 Å². The van der Waals surface area contributed by atoms with Crippen molar-refractivity contribution in [1.29, 1.82) is 0 Å². The van der Waals surface area contributed by atoms with Crippen LogP contribution in [-0.2, 0) is 6.54 Å². The second kappa shape index (κ2) is 6.88. The molecule has 0 unspecified atom stereocenters. The Morgan fingerprint density at radius 1 is 1.22 bits per heavy atom. The Hall–Kier alpha value is -0.970. The van der Waals surface area contributed by atoms with Crippen LogP contribution in [0.2, 0.25) is 0 Å². The van der Waals surface area contributed by atoms with Crippen LogP contribution in [0.3, 0.4) is 0 Å². The molecule has 0 spiro atoms. The molecule has 23 heavy (non-hydrogen) atoms. The van der Waals surface area contributed by atoms with Crippen molar-refractivity contribution in [3.8, 4) is 10.7 Å². The van der Waals surface area contributed by atoms with Crippen LogP contribution in [0.4, 0.5) is 13.2 Å². The lowest BCUT2D eigenvalue weighted by Gasteiger charge is -2.34. The van der Waals surface area contributed by atoms with Crippen molar-refractivity contribution in [3.63, 3.8) is 0 Å². The standard InChI is InChI=1S/C13H14BrF3N4OS/c14-9-5-10(23-7-9)12-18-11(22-19-12)6-20-1-3-21(4-2-20)8-13(15,16)17/h5,7H,1-4,6,8H2. The van der Waals surface area contributed by atoms with E-state index in [1.807, 2.05) is 16.3 Å². The molecule has 1 fully saturated rings. The minimum atomic E-state index is -4.14. The molecule has 5 nitrogen and oxygen atoms in total. The van der Waals surface area contributed by atoms with Gasteiger partial charge in [0.05, 0.1) is 18.0 Å². The molecule has 0 radical (unpaired) electrons. The van der Waals surface area contributed by atoms with Gasteiger partial charge >= 0.3 is 6.18 Å². The average molecular weight is 411 g/mol. The average Bonchev–Trinajstić information content (AvgIpc) is 3.08. The highest BCUT2D eigenvalue weighted by Gasteiger charge is 2.32. The van der Waals surface area contributed by atoms with Gasteiger partial charge in [-0.3, -0.25) is 9.80 Å². The van der Waals surface area contributed by atoms with Gasteiger partial charge in [-0.05, 0) is 22.0 Å². The number of piperazine rings is 1. The van der Waals surface area contributed by atoms with Gasteiger partial charge in [0.2, 0.25) is 11.7 Å². The number of thiophene rings is 1. The maximum absolute atomic E-state index is 12.4. The molecule has 2 aromatic heterocycles. The van der Waals surface area contributed by atoms with Crippen LogP contribution in [0.25, 0.3) is 10.7 Å². The molecular formula is C13H14BrF3N4OS. The minimum absolute atomic E-state index is 0.387. The van der Waals surface area contributed by atoms with Gasteiger partial charge in [-0.25, -0.2) is 0 Å². The fourth-order valence-corrected chi connectivity index (χ4v) is 3.75. The number of aromatic nitrogens is 2. The first-order chi connectivity index (χ1) is 10.9. The highest BCUT2D eigenvalue weighted by atomic mass is 79.9. The summed E-state index contributed by atoms with van der Waals surface area (Å²) < 4.78 is 43.3. The Labute approximate surface area is 143 Å². The summed E-state index contributed by atoms with van der Waals surface area (Å²) in [6, 6.07) is 1.91. The van der Waals surface area contributed by atoms with E-state index < -0.39 is 12.7 Å². The van der Waals surface area contributed by atoms with E-state index in [4.69, 9.17) is 4.52 Å². The van der Waals surface area contributed by atoms with Crippen molar-refractivity contribution in [2.75, 3.05) is 32.7 Å². The second-order valence-corrected chi connectivity index (χ2v) is 7.14. The molecule has 3 heterocycles. The number of rotatable bonds is 4. The van der Waals surface area contributed by atoms with E-state index in [-0.39, 0.29) is 0 Å². The molecule has 0 bridgehead atoms. The van der Waals surface area contributed by atoms with Gasteiger partial charge in [0, 0.05) is 36.0 Å². The minimum Gasteiger partial charge on any atom is -0.338 e. The SMILES string of the molecule is FC(F)(F)CN1CCN(Cc2nc(-c3cc(Br)cs3)no2)CC1. The zero-order valence-corrected chi connectivity index (χ0v) is 14.4. The quantitative estimate of drug-likeness (QED) is 0.773. The molecular weight excluding hydrogens is 397 g/mol. The lowest BCUT2D eigenvalue weighted by Crippen LogP contribution is -2.48. The van der Waals surface area contributed by atoms with Crippen LogP contribution >= 0.6 is 27.3 Å². The van der Waals surface area contributed by atoms with E-state index in [1.165, 1.54) is 16.2 Å². The first-order valence-corrected chi connectivity index (χ1v) is 8.65. The van der Waals surface area contributed by atoms with Gasteiger partial charge in [0.15, 0.2) is 0 Å². The van der Waals surface area contributed by atoms with Crippen molar-refractivity contribution < 1.29 is 17.7 Å². The highest BCUT2D eigenvalue weighted by molar-refractivity contribution is 9.10. The Kier molecular flexibility index (Phi) is 5.04. The third kappa shape index (κ3) is 4.75. The summed E-state index contributed by atoms with van der Waals surface area (Å²) in [6.45, 7) is 1.49. The van der Waals surface area contributed by atoms with Crippen molar-refractivity contribution >= 4 is 27.3 Å². The summed E-state index contributed by atoms with van der Waals surface area (Å²) in [5.74, 6) is 1.01. The lowest BCUT2D eigenvalue weighted by atomic mass is 10.3. The van der Waals surface area contributed by atoms with Crippen LogP contribution < -0.4 is 0 Å². The third-order valence-corrected chi connectivity index (χ3v) is 5.17. The summed E-state index contributed by atoms with van der Waals surface area (Å²) in [5.41, 5.74) is 0. The van der Waals surface area contributed by atoms with Crippen molar-refractivity contribution in [3.05, 3.63) is 21.8 Å². The molecule has 0 atom stereocenters. The Morgan fingerprint density at radius 3 is 2.52 bits per heavy atom. The van der Waals surface area contributed by atoms with Crippen LogP contribution in [-0.4, -0.2) is 58.8 Å². The summed E-state index contributed by atoms with van der Waals surface area (Å²) in [4.78, 5) is 8.69. The summed E-state index contributed by atoms with van der Waals surface area (Å²) in [6.07, 6.45) is -4.14. The summed E-state index contributed by atoms with van der Waals surface area (Å²) >= 11 is 4.88. The Morgan fingerprint density at radius 2 is 1.91 bits per heavy atom. The number of hydrogen-bond acceptors (Lipinski definition) is 6. The maximum atomic E-state index is 12.4. The monoisotopic (exact) mass is 410 g/mol. The van der Waals surface area contributed by atoms with Crippen molar-refractivity contribution in [1.82, 2.24) is 19.9 Å². The topological polar surface area (TPSA) is 45.4 Å². The molecule has 2 aromatic rings. The molecule has 1 aliphatic rings. The van der Waals surface area contributed by atoms with Gasteiger partial charge in [-0.2, -0.15) is 18.2 Å². The van der Waals surface area contributed by atoms with Crippen LogP contribution in [0.5, 0.6) is 0 Å². The molecule has 0 N–H and O–H groups in total. The maximum Gasteiger partial charge on any atom is 0.401 e. The summed E-state index contributed by atoms with van der Waals surface area (Å²) in [5, 5.41) is 5.88. The first-order valence-electron chi connectivity index (χ1n) is 6.97. The number of nitrogens with zero attached hydrogens (tertiary/aromatic N) is 4. The van der Waals surface area contributed by atoms with Gasteiger partial charge in [0.1, 0.15) is 0 Å². The first kappa shape index (κ1) is 16.9. The zero-order valence-electron chi connectivity index (χ0n) is 12.0.